The van der Waals surface area contributed by atoms with E-state index in [1.54, 1.807) is 30.7 Å². The van der Waals surface area contributed by atoms with E-state index in [4.69, 9.17) is 0 Å². The lowest BCUT2D eigenvalue weighted by molar-refractivity contribution is -0.153. The first-order valence-electron chi connectivity index (χ1n) is 6.26. The Hall–Kier alpha value is -2.31. The summed E-state index contributed by atoms with van der Waals surface area (Å²) in [5.41, 5.74) is 1.53. The molecule has 0 radical (unpaired) electrons. The fourth-order valence-electron chi connectivity index (χ4n) is 1.67. The Kier molecular flexibility index (Phi) is 4.62. The molecule has 1 atom stereocenters. The lowest BCUT2D eigenvalue weighted by Crippen LogP contribution is -2.19. The monoisotopic (exact) mass is 297 g/mol. The second kappa shape index (κ2) is 6.43. The summed E-state index contributed by atoms with van der Waals surface area (Å²) in [4.78, 5) is 8.15. The van der Waals surface area contributed by atoms with Crippen LogP contribution in [-0.4, -0.2) is 22.8 Å². The number of hydrogen-bond acceptors (Lipinski definition) is 4. The first-order valence-corrected chi connectivity index (χ1v) is 6.26. The average Bonchev–Trinajstić information content (AvgIpc) is 2.46. The van der Waals surface area contributed by atoms with Crippen molar-refractivity contribution in [1.29, 1.82) is 0 Å². The Morgan fingerprint density at radius 3 is 2.48 bits per heavy atom. The second-order valence-electron chi connectivity index (χ2n) is 4.42. The maximum absolute atomic E-state index is 12.0. The Morgan fingerprint density at radius 2 is 1.90 bits per heavy atom. The number of nitrogens with zero attached hydrogens (tertiary/aromatic N) is 2. The molecule has 0 aliphatic heterocycles. The zero-order valence-corrected chi connectivity index (χ0v) is 11.3. The first-order chi connectivity index (χ1) is 9.94. The predicted molar refractivity (Wildman–Crippen MR) is 72.1 cm³/mol. The number of alkyl halides is 3. The Bertz CT molecular complexity index is 558. The highest BCUT2D eigenvalue weighted by atomic mass is 19.4. The molecule has 1 N–H and O–H groups in total. The maximum atomic E-state index is 12.0. The van der Waals surface area contributed by atoms with E-state index in [1.165, 1.54) is 12.1 Å². The number of benzene rings is 1. The van der Waals surface area contributed by atoms with Gasteiger partial charge in [-0.2, -0.15) is 13.2 Å². The van der Waals surface area contributed by atoms with Crippen molar-refractivity contribution in [3.05, 3.63) is 48.5 Å². The predicted octanol–water partition coefficient (Wildman–Crippen LogP) is 3.59. The van der Waals surface area contributed by atoms with Gasteiger partial charge in [0, 0.05) is 18.1 Å². The van der Waals surface area contributed by atoms with Crippen LogP contribution in [0.25, 0.3) is 0 Å². The average molecular weight is 297 g/mol. The second-order valence-corrected chi connectivity index (χ2v) is 4.42. The van der Waals surface area contributed by atoms with Gasteiger partial charge in [0.25, 0.3) is 0 Å². The SMILES string of the molecule is CC(Nc1ccc(OCC(F)(F)F)cc1)c1cnccn1. The van der Waals surface area contributed by atoms with Gasteiger partial charge in [-0.15, -0.1) is 0 Å². The molecule has 0 bridgehead atoms. The molecule has 0 aliphatic rings. The number of halogens is 3. The number of nitrogens with one attached hydrogen (secondary N) is 1. The van der Waals surface area contributed by atoms with E-state index in [-0.39, 0.29) is 11.8 Å². The van der Waals surface area contributed by atoms with Gasteiger partial charge in [-0.05, 0) is 31.2 Å². The molecule has 0 amide bonds. The largest absolute Gasteiger partial charge is 0.484 e. The van der Waals surface area contributed by atoms with Crippen LogP contribution in [0.15, 0.2) is 42.9 Å². The smallest absolute Gasteiger partial charge is 0.422 e. The van der Waals surface area contributed by atoms with Gasteiger partial charge in [-0.1, -0.05) is 0 Å². The Labute approximate surface area is 120 Å². The lowest BCUT2D eigenvalue weighted by atomic mass is 10.2. The highest BCUT2D eigenvalue weighted by Gasteiger charge is 2.28. The van der Waals surface area contributed by atoms with E-state index in [9.17, 15) is 13.2 Å². The third-order valence-corrected chi connectivity index (χ3v) is 2.67. The minimum Gasteiger partial charge on any atom is -0.484 e. The third-order valence-electron chi connectivity index (χ3n) is 2.67. The molecule has 1 heterocycles. The van der Waals surface area contributed by atoms with Gasteiger partial charge < -0.3 is 10.1 Å². The molecule has 0 saturated carbocycles. The molecule has 2 aromatic rings. The fraction of sp³-hybridized carbons (Fsp3) is 0.286. The van der Waals surface area contributed by atoms with Crippen LogP contribution in [0.4, 0.5) is 18.9 Å². The summed E-state index contributed by atoms with van der Waals surface area (Å²) < 4.78 is 40.7. The molecule has 7 heteroatoms. The van der Waals surface area contributed by atoms with Crippen LogP contribution in [0.3, 0.4) is 0 Å². The summed E-state index contributed by atoms with van der Waals surface area (Å²) in [5.74, 6) is 0.171. The Morgan fingerprint density at radius 1 is 1.19 bits per heavy atom. The molecule has 1 aromatic carbocycles. The first kappa shape index (κ1) is 15.1. The van der Waals surface area contributed by atoms with E-state index in [0.29, 0.717) is 0 Å². The van der Waals surface area contributed by atoms with Crippen LogP contribution in [-0.2, 0) is 0 Å². The van der Waals surface area contributed by atoms with Crippen molar-refractivity contribution in [3.63, 3.8) is 0 Å². The topological polar surface area (TPSA) is 47.0 Å². The van der Waals surface area contributed by atoms with Gasteiger partial charge >= 0.3 is 6.18 Å². The van der Waals surface area contributed by atoms with Crippen molar-refractivity contribution >= 4 is 5.69 Å². The highest BCUT2D eigenvalue weighted by Crippen LogP contribution is 2.22. The third kappa shape index (κ3) is 4.94. The van der Waals surface area contributed by atoms with Crippen molar-refractivity contribution in [3.8, 4) is 5.75 Å². The van der Waals surface area contributed by atoms with E-state index in [0.717, 1.165) is 11.4 Å². The summed E-state index contributed by atoms with van der Waals surface area (Å²) in [6, 6.07) is 6.20. The molecule has 4 nitrogen and oxygen atoms in total. The lowest BCUT2D eigenvalue weighted by Gasteiger charge is -2.15. The molecule has 0 aliphatic carbocycles. The van der Waals surface area contributed by atoms with Crippen molar-refractivity contribution < 1.29 is 17.9 Å². The molecule has 1 aromatic heterocycles. The molecular weight excluding hydrogens is 283 g/mol. The van der Waals surface area contributed by atoms with Gasteiger partial charge in [0.05, 0.1) is 17.9 Å². The molecule has 2 rings (SSSR count). The van der Waals surface area contributed by atoms with Gasteiger partial charge in [0.2, 0.25) is 0 Å². The van der Waals surface area contributed by atoms with Gasteiger partial charge in [0.1, 0.15) is 5.75 Å². The quantitative estimate of drug-likeness (QED) is 0.916. The summed E-state index contributed by atoms with van der Waals surface area (Å²) in [7, 11) is 0. The van der Waals surface area contributed by atoms with E-state index in [2.05, 4.69) is 20.0 Å². The fourth-order valence-corrected chi connectivity index (χ4v) is 1.67. The van der Waals surface area contributed by atoms with Gasteiger partial charge in [-0.3, -0.25) is 9.97 Å². The molecule has 0 saturated heterocycles. The zero-order chi connectivity index (χ0) is 15.3. The van der Waals surface area contributed by atoms with Crippen LogP contribution >= 0.6 is 0 Å². The van der Waals surface area contributed by atoms with Crippen molar-refractivity contribution in [2.24, 2.45) is 0 Å². The number of hydrogen-bond donors (Lipinski definition) is 1. The minimum atomic E-state index is -4.34. The number of ether oxygens (including phenoxy) is 1. The van der Waals surface area contributed by atoms with Crippen LogP contribution in [0.1, 0.15) is 18.7 Å². The molecule has 112 valence electrons. The standard InChI is InChI=1S/C14H14F3N3O/c1-10(13-8-18-6-7-19-13)20-11-2-4-12(5-3-11)21-9-14(15,16)17/h2-8,10,20H,9H2,1H3. The van der Waals surface area contributed by atoms with Gasteiger partial charge in [0.15, 0.2) is 6.61 Å². The van der Waals surface area contributed by atoms with Crippen LogP contribution in [0, 0.1) is 0 Å². The summed E-state index contributed by atoms with van der Waals surface area (Å²) in [6.45, 7) is 0.619. The summed E-state index contributed by atoms with van der Waals surface area (Å²) >= 11 is 0. The van der Waals surface area contributed by atoms with Crippen LogP contribution in [0.2, 0.25) is 0 Å². The van der Waals surface area contributed by atoms with Crippen LogP contribution < -0.4 is 10.1 Å². The zero-order valence-electron chi connectivity index (χ0n) is 11.3. The molecule has 1 unspecified atom stereocenters. The van der Waals surface area contributed by atoms with Crippen molar-refractivity contribution in [2.45, 2.75) is 19.1 Å². The molecule has 21 heavy (non-hydrogen) atoms. The van der Waals surface area contributed by atoms with Gasteiger partial charge in [-0.25, -0.2) is 0 Å². The number of rotatable bonds is 5. The highest BCUT2D eigenvalue weighted by molar-refractivity contribution is 5.47. The Balaban J connectivity index is 1.93. The summed E-state index contributed by atoms with van der Waals surface area (Å²) in [6.07, 6.45) is 0.500. The molecule has 0 fully saturated rings. The van der Waals surface area contributed by atoms with Crippen molar-refractivity contribution in [1.82, 2.24) is 9.97 Å². The maximum Gasteiger partial charge on any atom is 0.422 e. The molecule has 0 spiro atoms. The molecular formula is C14H14F3N3O. The van der Waals surface area contributed by atoms with Crippen molar-refractivity contribution in [2.75, 3.05) is 11.9 Å². The number of aromatic nitrogens is 2. The normalized spacial score (nSPS) is 12.8. The minimum absolute atomic E-state index is 0.0688. The summed E-state index contributed by atoms with van der Waals surface area (Å²) in [5, 5.41) is 3.18. The van der Waals surface area contributed by atoms with Crippen LogP contribution in [0.5, 0.6) is 5.75 Å². The van der Waals surface area contributed by atoms with E-state index in [1.807, 2.05) is 6.92 Å². The number of anilines is 1. The van der Waals surface area contributed by atoms with E-state index >= 15 is 0 Å². The van der Waals surface area contributed by atoms with E-state index < -0.39 is 12.8 Å².